The number of benzene rings is 1. The van der Waals surface area contributed by atoms with E-state index < -0.39 is 0 Å². The van der Waals surface area contributed by atoms with Crippen LogP contribution in [0.1, 0.15) is 0 Å². The van der Waals surface area contributed by atoms with Gasteiger partial charge in [0.1, 0.15) is 10.6 Å². The molecule has 1 aromatic carbocycles. The first kappa shape index (κ1) is 13.4. The fourth-order valence-electron chi connectivity index (χ4n) is 1.73. The summed E-state index contributed by atoms with van der Waals surface area (Å²) < 4.78 is 0. The Morgan fingerprint density at radius 3 is 2.70 bits per heavy atom. The average Bonchev–Trinajstić information content (AvgIpc) is 2.91. The maximum absolute atomic E-state index is 6.00. The summed E-state index contributed by atoms with van der Waals surface area (Å²) in [6.45, 7) is 0. The summed E-state index contributed by atoms with van der Waals surface area (Å²) in [4.78, 5) is 9.43. The van der Waals surface area contributed by atoms with Crippen LogP contribution in [0.3, 0.4) is 0 Å². The van der Waals surface area contributed by atoms with Crippen LogP contribution >= 0.6 is 34.5 Å². The zero-order valence-corrected chi connectivity index (χ0v) is 12.4. The highest BCUT2D eigenvalue weighted by Gasteiger charge is 2.09. The largest absolute Gasteiger partial charge is 0.339 e. The molecule has 8 heteroatoms. The van der Waals surface area contributed by atoms with Crippen molar-refractivity contribution >= 4 is 62.2 Å². The Hall–Kier alpha value is -1.60. The quantitative estimate of drug-likeness (QED) is 0.500. The first-order valence-corrected chi connectivity index (χ1v) is 7.25. The van der Waals surface area contributed by atoms with Crippen molar-refractivity contribution in [3.8, 4) is 0 Å². The molecule has 3 aromatic rings. The molecule has 4 N–H and O–H groups in total. The maximum atomic E-state index is 6.00. The maximum Gasteiger partial charge on any atom is 0.240 e. The van der Waals surface area contributed by atoms with Crippen LogP contribution in [0.2, 0.25) is 10.0 Å². The van der Waals surface area contributed by atoms with Crippen molar-refractivity contribution in [2.75, 3.05) is 10.7 Å². The number of anilines is 3. The number of nitrogens with zero attached hydrogens (tertiary/aromatic N) is 2. The Labute approximate surface area is 128 Å². The summed E-state index contributed by atoms with van der Waals surface area (Å²) in [5.74, 6) is 6.38. The second-order valence-electron chi connectivity index (χ2n) is 3.93. The van der Waals surface area contributed by atoms with Gasteiger partial charge >= 0.3 is 0 Å². The van der Waals surface area contributed by atoms with Gasteiger partial charge in [0.25, 0.3) is 0 Å². The summed E-state index contributed by atoms with van der Waals surface area (Å²) in [6, 6.07) is 7.23. The molecule has 0 atom stereocenters. The topological polar surface area (TPSA) is 75.9 Å². The minimum absolute atomic E-state index is 0.350. The first-order chi connectivity index (χ1) is 9.67. The normalized spacial score (nSPS) is 10.8. The van der Waals surface area contributed by atoms with E-state index in [9.17, 15) is 0 Å². The van der Waals surface area contributed by atoms with Gasteiger partial charge in [0.05, 0.1) is 15.4 Å². The molecule has 0 radical (unpaired) electrons. The van der Waals surface area contributed by atoms with Crippen molar-refractivity contribution in [2.45, 2.75) is 0 Å². The van der Waals surface area contributed by atoms with Crippen molar-refractivity contribution in [1.29, 1.82) is 0 Å². The number of rotatable bonds is 3. The number of nitrogens with two attached hydrogens (primary N) is 1. The fourth-order valence-corrected chi connectivity index (χ4v) is 2.79. The van der Waals surface area contributed by atoms with Crippen molar-refractivity contribution in [1.82, 2.24) is 9.97 Å². The second kappa shape index (κ2) is 5.41. The number of halogens is 2. The van der Waals surface area contributed by atoms with Crippen LogP contribution in [-0.4, -0.2) is 9.97 Å². The minimum atomic E-state index is 0.350. The molecule has 0 aliphatic carbocycles. The standard InChI is InChI=1S/C12H9Cl2N5S/c13-8-2-1-6(5-9(8)14)16-10-7-3-4-20-11(7)18-12(17-10)19-15/h1-5H,15H2,(H2,16,17,18,19). The third kappa shape index (κ3) is 2.51. The fraction of sp³-hybridized carbons (Fsp3) is 0. The van der Waals surface area contributed by atoms with E-state index in [4.69, 9.17) is 29.0 Å². The first-order valence-electron chi connectivity index (χ1n) is 5.61. The van der Waals surface area contributed by atoms with Crippen molar-refractivity contribution in [3.05, 3.63) is 39.7 Å². The molecule has 0 aliphatic heterocycles. The third-order valence-corrected chi connectivity index (χ3v) is 4.18. The van der Waals surface area contributed by atoms with Crippen LogP contribution in [0, 0.1) is 0 Å². The monoisotopic (exact) mass is 325 g/mol. The van der Waals surface area contributed by atoms with Gasteiger partial charge in [-0.05, 0) is 29.6 Å². The highest BCUT2D eigenvalue weighted by atomic mass is 35.5. The number of aromatic nitrogens is 2. The molecule has 0 amide bonds. The highest BCUT2D eigenvalue weighted by molar-refractivity contribution is 7.16. The molecule has 102 valence electrons. The Morgan fingerprint density at radius 2 is 1.95 bits per heavy atom. The Kier molecular flexibility index (Phi) is 3.62. The van der Waals surface area contributed by atoms with E-state index in [0.29, 0.717) is 21.8 Å². The lowest BCUT2D eigenvalue weighted by Gasteiger charge is -2.09. The van der Waals surface area contributed by atoms with Gasteiger partial charge in [0.2, 0.25) is 5.95 Å². The van der Waals surface area contributed by atoms with Crippen LogP contribution in [0.5, 0.6) is 0 Å². The van der Waals surface area contributed by atoms with Crippen molar-refractivity contribution < 1.29 is 0 Å². The van der Waals surface area contributed by atoms with Crippen LogP contribution < -0.4 is 16.6 Å². The van der Waals surface area contributed by atoms with E-state index in [0.717, 1.165) is 15.9 Å². The van der Waals surface area contributed by atoms with Gasteiger partial charge in [-0.25, -0.2) is 10.8 Å². The van der Waals surface area contributed by atoms with Crippen LogP contribution in [0.15, 0.2) is 29.6 Å². The second-order valence-corrected chi connectivity index (χ2v) is 5.64. The van der Waals surface area contributed by atoms with Crippen LogP contribution in [0.4, 0.5) is 17.5 Å². The smallest absolute Gasteiger partial charge is 0.240 e. The Balaban J connectivity index is 2.04. The average molecular weight is 326 g/mol. The lowest BCUT2D eigenvalue weighted by molar-refractivity contribution is 1.16. The molecule has 0 unspecified atom stereocenters. The Bertz CT molecular complexity index is 774. The van der Waals surface area contributed by atoms with Crippen molar-refractivity contribution in [2.24, 2.45) is 5.84 Å². The molecule has 0 saturated carbocycles. The minimum Gasteiger partial charge on any atom is -0.339 e. The number of nitrogen functional groups attached to an aromatic ring is 1. The molecule has 3 rings (SSSR count). The van der Waals surface area contributed by atoms with Gasteiger partial charge in [-0.15, -0.1) is 11.3 Å². The molecule has 0 spiro atoms. The van der Waals surface area contributed by atoms with E-state index in [1.807, 2.05) is 17.5 Å². The summed E-state index contributed by atoms with van der Waals surface area (Å²) in [5.41, 5.74) is 3.24. The number of thiophene rings is 1. The molecule has 0 bridgehead atoms. The van der Waals surface area contributed by atoms with Gasteiger partial charge < -0.3 is 5.32 Å². The zero-order chi connectivity index (χ0) is 14.1. The van der Waals surface area contributed by atoms with Crippen molar-refractivity contribution in [3.63, 3.8) is 0 Å². The van der Waals surface area contributed by atoms with E-state index in [-0.39, 0.29) is 0 Å². The summed E-state index contributed by atoms with van der Waals surface area (Å²) in [5, 5.41) is 7.03. The summed E-state index contributed by atoms with van der Waals surface area (Å²) in [7, 11) is 0. The molecule has 2 heterocycles. The summed E-state index contributed by atoms with van der Waals surface area (Å²) >= 11 is 13.4. The molecule has 0 aliphatic rings. The van der Waals surface area contributed by atoms with Crippen LogP contribution in [0.25, 0.3) is 10.2 Å². The number of fused-ring (bicyclic) bond motifs is 1. The van der Waals surface area contributed by atoms with E-state index in [1.165, 1.54) is 11.3 Å². The van der Waals surface area contributed by atoms with Gasteiger partial charge in [-0.3, -0.25) is 5.43 Å². The number of hydrazine groups is 1. The number of nitrogens with one attached hydrogen (secondary N) is 2. The zero-order valence-electron chi connectivity index (χ0n) is 10.0. The van der Waals surface area contributed by atoms with Gasteiger partial charge in [-0.2, -0.15) is 4.98 Å². The molecule has 20 heavy (non-hydrogen) atoms. The van der Waals surface area contributed by atoms with E-state index in [1.54, 1.807) is 12.1 Å². The SMILES string of the molecule is NNc1nc(Nc2ccc(Cl)c(Cl)c2)c2ccsc2n1. The third-order valence-electron chi connectivity index (χ3n) is 2.64. The number of hydrogen-bond donors (Lipinski definition) is 3. The predicted octanol–water partition coefficient (Wildman–Crippen LogP) is 4.03. The van der Waals surface area contributed by atoms with Gasteiger partial charge in [0.15, 0.2) is 0 Å². The Morgan fingerprint density at radius 1 is 1.10 bits per heavy atom. The predicted molar refractivity (Wildman–Crippen MR) is 85.0 cm³/mol. The van der Waals surface area contributed by atoms with Crippen LogP contribution in [-0.2, 0) is 0 Å². The highest BCUT2D eigenvalue weighted by Crippen LogP contribution is 2.31. The lowest BCUT2D eigenvalue weighted by Crippen LogP contribution is -2.11. The summed E-state index contributed by atoms with van der Waals surface area (Å²) in [6.07, 6.45) is 0. The molecular weight excluding hydrogens is 317 g/mol. The molecule has 2 aromatic heterocycles. The molecule has 0 saturated heterocycles. The van der Waals surface area contributed by atoms with Gasteiger partial charge in [0, 0.05) is 5.69 Å². The number of hydrogen-bond acceptors (Lipinski definition) is 6. The lowest BCUT2D eigenvalue weighted by atomic mass is 10.3. The molecule has 0 fully saturated rings. The van der Waals surface area contributed by atoms with Gasteiger partial charge in [-0.1, -0.05) is 23.2 Å². The van der Waals surface area contributed by atoms with E-state index in [2.05, 4.69) is 20.7 Å². The molecule has 5 nitrogen and oxygen atoms in total. The van der Waals surface area contributed by atoms with E-state index >= 15 is 0 Å². The molecular formula is C12H9Cl2N5S.